The summed E-state index contributed by atoms with van der Waals surface area (Å²) >= 11 is 0. The number of esters is 1. The Labute approximate surface area is 96.4 Å². The molecule has 0 aliphatic carbocycles. The molecular weight excluding hydrogens is 204 g/mol. The monoisotopic (exact) mass is 222 g/mol. The second-order valence-electron chi connectivity index (χ2n) is 3.51. The lowest BCUT2D eigenvalue weighted by Gasteiger charge is -2.14. The minimum atomic E-state index is -0.342. The summed E-state index contributed by atoms with van der Waals surface area (Å²) in [4.78, 5) is 10.8. The van der Waals surface area contributed by atoms with Gasteiger partial charge in [0.25, 0.3) is 0 Å². The summed E-state index contributed by atoms with van der Waals surface area (Å²) in [6.45, 7) is 0.756. The molecule has 1 aliphatic rings. The zero-order chi connectivity index (χ0) is 11.6. The van der Waals surface area contributed by atoms with Crippen molar-refractivity contribution < 1.29 is 14.3 Å². The molecule has 1 heterocycles. The summed E-state index contributed by atoms with van der Waals surface area (Å²) in [6, 6.07) is 0. The average molecular weight is 222 g/mol. The number of ether oxygens (including phenoxy) is 2. The third-order valence-electron chi connectivity index (χ3n) is 2.27. The molecule has 16 heavy (non-hydrogen) atoms. The minimum absolute atomic E-state index is 0.146. The smallest absolute Gasteiger partial charge is 0.330 e. The normalized spacial score (nSPS) is 24.2. The van der Waals surface area contributed by atoms with E-state index in [-0.39, 0.29) is 12.1 Å². The lowest BCUT2D eigenvalue weighted by molar-refractivity contribution is -0.134. The van der Waals surface area contributed by atoms with Gasteiger partial charge in [0, 0.05) is 6.08 Å². The summed E-state index contributed by atoms with van der Waals surface area (Å²) in [7, 11) is 1.36. The van der Waals surface area contributed by atoms with Gasteiger partial charge >= 0.3 is 5.97 Å². The lowest BCUT2D eigenvalue weighted by atomic mass is 10.1. The van der Waals surface area contributed by atoms with Gasteiger partial charge in [-0.3, -0.25) is 0 Å². The number of hydrogen-bond donors (Lipinski definition) is 0. The van der Waals surface area contributed by atoms with Gasteiger partial charge in [-0.2, -0.15) is 0 Å². The number of rotatable bonds is 3. The van der Waals surface area contributed by atoms with E-state index in [1.165, 1.54) is 13.2 Å². The lowest BCUT2D eigenvalue weighted by Crippen LogP contribution is -2.11. The fourth-order valence-corrected chi connectivity index (χ4v) is 1.41. The topological polar surface area (TPSA) is 35.5 Å². The fourth-order valence-electron chi connectivity index (χ4n) is 1.41. The Balaban J connectivity index is 2.34. The predicted molar refractivity (Wildman–Crippen MR) is 63.0 cm³/mol. The highest BCUT2D eigenvalue weighted by Crippen LogP contribution is 2.09. The van der Waals surface area contributed by atoms with Gasteiger partial charge in [-0.15, -0.1) is 0 Å². The van der Waals surface area contributed by atoms with Gasteiger partial charge in [-0.1, -0.05) is 30.4 Å². The quantitative estimate of drug-likeness (QED) is 0.318. The summed E-state index contributed by atoms with van der Waals surface area (Å²) in [5.41, 5.74) is 0. The molecular formula is C13H18O3. The largest absolute Gasteiger partial charge is 0.466 e. The van der Waals surface area contributed by atoms with E-state index < -0.39 is 0 Å². The number of carbonyl (C=O) groups is 1. The van der Waals surface area contributed by atoms with Gasteiger partial charge in [-0.25, -0.2) is 4.79 Å². The Kier molecular flexibility index (Phi) is 6.26. The van der Waals surface area contributed by atoms with Crippen LogP contribution in [0.15, 0.2) is 36.5 Å². The van der Waals surface area contributed by atoms with Crippen molar-refractivity contribution in [1.82, 2.24) is 0 Å². The van der Waals surface area contributed by atoms with E-state index in [2.05, 4.69) is 16.9 Å². The van der Waals surface area contributed by atoms with Crippen LogP contribution in [0.25, 0.3) is 0 Å². The molecule has 0 aromatic heterocycles. The third-order valence-corrected chi connectivity index (χ3v) is 2.27. The van der Waals surface area contributed by atoms with Crippen LogP contribution >= 0.6 is 0 Å². The van der Waals surface area contributed by atoms with Crippen molar-refractivity contribution in [1.29, 1.82) is 0 Å². The molecule has 1 aliphatic heterocycles. The first-order valence-corrected chi connectivity index (χ1v) is 5.52. The first-order valence-electron chi connectivity index (χ1n) is 5.52. The van der Waals surface area contributed by atoms with Crippen molar-refractivity contribution in [2.75, 3.05) is 13.7 Å². The first-order chi connectivity index (χ1) is 7.83. The van der Waals surface area contributed by atoms with Crippen LogP contribution in [-0.2, 0) is 14.3 Å². The molecule has 0 saturated heterocycles. The first kappa shape index (κ1) is 12.7. The molecule has 1 unspecified atom stereocenters. The average Bonchev–Trinajstić information content (AvgIpc) is 2.26. The Hall–Kier alpha value is -1.35. The van der Waals surface area contributed by atoms with Gasteiger partial charge in [0.15, 0.2) is 0 Å². The molecule has 0 fully saturated rings. The molecule has 0 radical (unpaired) electrons. The zero-order valence-electron chi connectivity index (χ0n) is 9.59. The second kappa shape index (κ2) is 7.88. The van der Waals surface area contributed by atoms with E-state index in [0.717, 1.165) is 25.9 Å². The van der Waals surface area contributed by atoms with E-state index in [1.54, 1.807) is 6.08 Å². The molecule has 0 amide bonds. The van der Waals surface area contributed by atoms with Crippen LogP contribution in [0.3, 0.4) is 0 Å². The molecule has 0 N–H and O–H groups in total. The molecule has 0 aromatic rings. The number of carbonyl (C=O) groups excluding carboxylic acids is 1. The Morgan fingerprint density at radius 1 is 1.38 bits per heavy atom. The SMILES string of the molecule is COC(=O)/C=C/C=C/C1CC/C=C\CCO1. The summed E-state index contributed by atoms with van der Waals surface area (Å²) in [5, 5.41) is 0. The Bertz CT molecular complexity index is 290. The van der Waals surface area contributed by atoms with Gasteiger partial charge in [0.1, 0.15) is 0 Å². The van der Waals surface area contributed by atoms with Crippen LogP contribution in [0.5, 0.6) is 0 Å². The van der Waals surface area contributed by atoms with E-state index in [1.807, 2.05) is 12.2 Å². The molecule has 88 valence electrons. The Morgan fingerprint density at radius 3 is 3.00 bits per heavy atom. The van der Waals surface area contributed by atoms with E-state index in [9.17, 15) is 4.79 Å². The molecule has 0 bridgehead atoms. The molecule has 1 atom stereocenters. The van der Waals surface area contributed by atoms with Crippen LogP contribution < -0.4 is 0 Å². The van der Waals surface area contributed by atoms with Crippen LogP contribution in [-0.4, -0.2) is 25.8 Å². The fraction of sp³-hybridized carbons (Fsp3) is 0.462. The van der Waals surface area contributed by atoms with E-state index >= 15 is 0 Å². The zero-order valence-corrected chi connectivity index (χ0v) is 9.59. The number of hydrogen-bond acceptors (Lipinski definition) is 3. The standard InChI is InChI=1S/C13H18O3/c1-15-13(14)10-6-5-9-12-8-4-2-3-7-11-16-12/h2-3,5-6,9-10,12H,4,7-8,11H2,1H3/b3-2-,9-5+,10-6+. The highest BCUT2D eigenvalue weighted by atomic mass is 16.5. The number of methoxy groups -OCH3 is 1. The van der Waals surface area contributed by atoms with Gasteiger partial charge < -0.3 is 9.47 Å². The maximum absolute atomic E-state index is 10.8. The summed E-state index contributed by atoms with van der Waals surface area (Å²) < 4.78 is 10.1. The Morgan fingerprint density at radius 2 is 2.19 bits per heavy atom. The molecule has 0 spiro atoms. The van der Waals surface area contributed by atoms with Crippen molar-refractivity contribution in [3.8, 4) is 0 Å². The van der Waals surface area contributed by atoms with Crippen molar-refractivity contribution in [3.63, 3.8) is 0 Å². The highest BCUT2D eigenvalue weighted by molar-refractivity contribution is 5.82. The highest BCUT2D eigenvalue weighted by Gasteiger charge is 2.04. The van der Waals surface area contributed by atoms with Crippen molar-refractivity contribution >= 4 is 5.97 Å². The van der Waals surface area contributed by atoms with Crippen LogP contribution in [0.2, 0.25) is 0 Å². The maximum atomic E-state index is 10.8. The molecule has 0 aromatic carbocycles. The summed E-state index contributed by atoms with van der Waals surface area (Å²) in [6.07, 6.45) is 14.3. The summed E-state index contributed by atoms with van der Waals surface area (Å²) in [5.74, 6) is -0.342. The molecule has 3 nitrogen and oxygen atoms in total. The minimum Gasteiger partial charge on any atom is -0.466 e. The molecule has 0 saturated carbocycles. The van der Waals surface area contributed by atoms with Crippen molar-refractivity contribution in [3.05, 3.63) is 36.5 Å². The van der Waals surface area contributed by atoms with Gasteiger partial charge in [-0.05, 0) is 19.3 Å². The van der Waals surface area contributed by atoms with Crippen LogP contribution in [0.4, 0.5) is 0 Å². The molecule has 3 heteroatoms. The van der Waals surface area contributed by atoms with Crippen LogP contribution in [0.1, 0.15) is 19.3 Å². The third kappa shape index (κ3) is 5.51. The van der Waals surface area contributed by atoms with Crippen LogP contribution in [0, 0.1) is 0 Å². The predicted octanol–water partition coefficient (Wildman–Crippen LogP) is 2.40. The van der Waals surface area contributed by atoms with Gasteiger partial charge in [0.2, 0.25) is 0 Å². The van der Waals surface area contributed by atoms with E-state index in [4.69, 9.17) is 4.74 Å². The van der Waals surface area contributed by atoms with Crippen molar-refractivity contribution in [2.45, 2.75) is 25.4 Å². The van der Waals surface area contributed by atoms with Gasteiger partial charge in [0.05, 0.1) is 19.8 Å². The maximum Gasteiger partial charge on any atom is 0.330 e. The van der Waals surface area contributed by atoms with Crippen molar-refractivity contribution in [2.24, 2.45) is 0 Å². The number of allylic oxidation sites excluding steroid dienone is 3. The second-order valence-corrected chi connectivity index (χ2v) is 3.51. The van der Waals surface area contributed by atoms with E-state index in [0.29, 0.717) is 0 Å². The molecule has 1 rings (SSSR count).